The van der Waals surface area contributed by atoms with Crippen molar-refractivity contribution < 1.29 is 19.7 Å². The summed E-state index contributed by atoms with van der Waals surface area (Å²) in [4.78, 5) is 29.8. The third-order valence-electron chi connectivity index (χ3n) is 5.11. The zero-order valence-corrected chi connectivity index (χ0v) is 18.1. The topological polar surface area (TPSA) is 99.5 Å². The molecule has 6 nitrogen and oxygen atoms in total. The molecule has 30 heavy (non-hydrogen) atoms. The van der Waals surface area contributed by atoms with Gasteiger partial charge in [-0.05, 0) is 42.5 Å². The van der Waals surface area contributed by atoms with E-state index in [1.165, 1.54) is 6.92 Å². The number of pyridine rings is 1. The van der Waals surface area contributed by atoms with Crippen molar-refractivity contribution in [3.05, 3.63) is 54.4 Å². The number of carbonyl (C=O) groups excluding carboxylic acids is 2. The first-order valence-corrected chi connectivity index (χ1v) is 10.4. The number of ketones is 1. The average molecular weight is 410 g/mol. The van der Waals surface area contributed by atoms with Crippen LogP contribution in [-0.4, -0.2) is 45.8 Å². The average Bonchev–Trinajstić information content (AvgIpc) is 2.71. The summed E-state index contributed by atoms with van der Waals surface area (Å²) in [5.74, 6) is -1.83. The summed E-state index contributed by atoms with van der Waals surface area (Å²) < 4.78 is 0. The van der Waals surface area contributed by atoms with Crippen LogP contribution in [-0.2, 0) is 4.79 Å². The van der Waals surface area contributed by atoms with E-state index in [-0.39, 0.29) is 23.8 Å². The molecule has 0 aliphatic heterocycles. The molecule has 0 aliphatic rings. The van der Waals surface area contributed by atoms with Crippen LogP contribution >= 0.6 is 0 Å². The Balaban J connectivity index is 2.14. The Morgan fingerprint density at radius 3 is 2.33 bits per heavy atom. The first-order chi connectivity index (χ1) is 14.2. The van der Waals surface area contributed by atoms with Crippen molar-refractivity contribution in [3.63, 3.8) is 0 Å². The molecule has 1 aromatic carbocycles. The van der Waals surface area contributed by atoms with Crippen LogP contribution in [0.1, 0.15) is 44.1 Å². The lowest BCUT2D eigenvalue weighted by Crippen LogP contribution is -2.49. The Labute approximate surface area is 178 Å². The van der Waals surface area contributed by atoms with Gasteiger partial charge in [0.2, 0.25) is 5.91 Å². The van der Waals surface area contributed by atoms with Crippen molar-refractivity contribution in [2.45, 2.75) is 52.5 Å². The van der Waals surface area contributed by atoms with Crippen molar-refractivity contribution >= 4 is 18.6 Å². The number of hydrogen-bond donors (Lipinski definition) is 3. The zero-order valence-electron chi connectivity index (χ0n) is 18.1. The number of nitrogens with zero attached hydrogens (tertiary/aromatic N) is 1. The van der Waals surface area contributed by atoms with Crippen LogP contribution < -0.4 is 5.32 Å². The fourth-order valence-corrected chi connectivity index (χ4v) is 3.35. The Bertz CT molecular complexity index is 840. The van der Waals surface area contributed by atoms with Crippen molar-refractivity contribution in [1.82, 2.24) is 10.3 Å². The molecule has 3 N–H and O–H groups in total. The van der Waals surface area contributed by atoms with Gasteiger partial charge in [0.15, 0.2) is 5.78 Å². The van der Waals surface area contributed by atoms with Crippen LogP contribution in [0.5, 0.6) is 0 Å². The molecule has 2 aromatic rings. The van der Waals surface area contributed by atoms with Gasteiger partial charge in [0.25, 0.3) is 0 Å². The van der Waals surface area contributed by atoms with Crippen LogP contribution in [0, 0.1) is 11.8 Å². The molecule has 3 atom stereocenters. The Morgan fingerprint density at radius 1 is 1.10 bits per heavy atom. The van der Waals surface area contributed by atoms with Crippen molar-refractivity contribution in [2.75, 3.05) is 0 Å². The minimum absolute atomic E-state index is 0.164. The lowest BCUT2D eigenvalue weighted by molar-refractivity contribution is -0.128. The van der Waals surface area contributed by atoms with Crippen LogP contribution in [0.4, 0.5) is 0 Å². The summed E-state index contributed by atoms with van der Waals surface area (Å²) >= 11 is 0. The van der Waals surface area contributed by atoms with E-state index >= 15 is 0 Å². The quantitative estimate of drug-likeness (QED) is 0.413. The standard InChI is InChI=1S/C23H31BN2O4/c1-15(2)12-22(24(4)30)26-23(29)19(16(3)27)14-21(28)20-13-18(10-11-25-20)17-8-6-5-7-9-17/h5-11,13,15-16,19,22,27,30H,12,14H2,1-4H3,(H,26,29)/t16-,19+,22+/m1/s1. The minimum atomic E-state index is -1.01. The number of carbonyl (C=O) groups is 2. The number of rotatable bonds is 10. The van der Waals surface area contributed by atoms with E-state index in [0.29, 0.717) is 6.42 Å². The molecule has 1 amide bonds. The Morgan fingerprint density at radius 2 is 1.77 bits per heavy atom. The van der Waals surface area contributed by atoms with Gasteiger partial charge in [0.1, 0.15) is 5.69 Å². The van der Waals surface area contributed by atoms with Crippen LogP contribution in [0.2, 0.25) is 6.82 Å². The third-order valence-corrected chi connectivity index (χ3v) is 5.11. The summed E-state index contributed by atoms with van der Waals surface area (Å²) in [5.41, 5.74) is 2.08. The molecule has 7 heteroatoms. The second-order valence-corrected chi connectivity index (χ2v) is 8.26. The number of nitrogens with one attached hydrogen (secondary N) is 1. The van der Waals surface area contributed by atoms with E-state index in [0.717, 1.165) is 11.1 Å². The number of aromatic nitrogens is 1. The Hall–Kier alpha value is -2.51. The molecule has 0 saturated heterocycles. The predicted octanol–water partition coefficient (Wildman–Crippen LogP) is 3.00. The summed E-state index contributed by atoms with van der Waals surface area (Å²) in [6.07, 6.45) is 0.993. The molecule has 0 fully saturated rings. The predicted molar refractivity (Wildman–Crippen MR) is 119 cm³/mol. The number of Topliss-reactive ketones (excluding diaryl/α,β-unsaturated/α-hetero) is 1. The number of benzene rings is 1. The van der Waals surface area contributed by atoms with Gasteiger partial charge in [-0.2, -0.15) is 0 Å². The molecular formula is C23H31BN2O4. The molecule has 0 aliphatic carbocycles. The van der Waals surface area contributed by atoms with Gasteiger partial charge in [0.05, 0.1) is 12.0 Å². The molecule has 0 saturated carbocycles. The Kier molecular flexibility index (Phi) is 8.75. The lowest BCUT2D eigenvalue weighted by Gasteiger charge is -2.25. The SMILES string of the molecule is CB(O)[C@H](CC(C)C)NC(=O)[C@@H](CC(=O)c1cc(-c2ccccc2)ccn1)[C@@H](C)O. The van der Waals surface area contributed by atoms with Gasteiger partial charge >= 0.3 is 6.92 Å². The summed E-state index contributed by atoms with van der Waals surface area (Å²) in [7, 11) is 0. The molecule has 1 heterocycles. The maximum Gasteiger partial charge on any atom is 0.308 e. The number of hydrogen-bond acceptors (Lipinski definition) is 5. The molecule has 1 aromatic heterocycles. The fourth-order valence-electron chi connectivity index (χ4n) is 3.35. The monoisotopic (exact) mass is 410 g/mol. The molecular weight excluding hydrogens is 379 g/mol. The van der Waals surface area contributed by atoms with E-state index in [1.54, 1.807) is 19.1 Å². The number of aliphatic hydroxyl groups excluding tert-OH is 1. The number of amides is 1. The van der Waals surface area contributed by atoms with E-state index in [9.17, 15) is 19.7 Å². The first-order valence-electron chi connectivity index (χ1n) is 10.4. The van der Waals surface area contributed by atoms with Gasteiger partial charge in [-0.25, -0.2) is 0 Å². The van der Waals surface area contributed by atoms with Crippen molar-refractivity contribution in [2.24, 2.45) is 11.8 Å². The van der Waals surface area contributed by atoms with Gasteiger partial charge in [-0.1, -0.05) is 51.0 Å². The van der Waals surface area contributed by atoms with E-state index < -0.39 is 30.8 Å². The highest BCUT2D eigenvalue weighted by molar-refractivity contribution is 6.51. The molecule has 0 bridgehead atoms. The largest absolute Gasteiger partial charge is 0.449 e. The molecule has 0 spiro atoms. The van der Waals surface area contributed by atoms with Crippen LogP contribution in [0.25, 0.3) is 11.1 Å². The summed E-state index contributed by atoms with van der Waals surface area (Å²) in [6.45, 7) is 6.39. The maximum atomic E-state index is 12.8. The smallest absolute Gasteiger partial charge is 0.308 e. The normalized spacial score (nSPS) is 14.1. The molecule has 160 valence electrons. The van der Waals surface area contributed by atoms with E-state index in [2.05, 4.69) is 10.3 Å². The van der Waals surface area contributed by atoms with Gasteiger partial charge in [0, 0.05) is 18.6 Å². The lowest BCUT2D eigenvalue weighted by atomic mass is 9.61. The van der Waals surface area contributed by atoms with E-state index in [1.807, 2.05) is 50.2 Å². The van der Waals surface area contributed by atoms with Gasteiger partial charge < -0.3 is 15.4 Å². The van der Waals surface area contributed by atoms with Gasteiger partial charge in [-0.3, -0.25) is 14.6 Å². The fraction of sp³-hybridized carbons (Fsp3) is 0.435. The van der Waals surface area contributed by atoms with Crippen LogP contribution in [0.15, 0.2) is 48.7 Å². The maximum absolute atomic E-state index is 12.8. The van der Waals surface area contributed by atoms with Crippen molar-refractivity contribution in [1.29, 1.82) is 0 Å². The molecule has 2 rings (SSSR count). The highest BCUT2D eigenvalue weighted by Gasteiger charge is 2.31. The van der Waals surface area contributed by atoms with Crippen LogP contribution in [0.3, 0.4) is 0 Å². The summed E-state index contributed by atoms with van der Waals surface area (Å²) in [6, 6.07) is 13.2. The van der Waals surface area contributed by atoms with Crippen molar-refractivity contribution in [3.8, 4) is 11.1 Å². The second kappa shape index (κ2) is 11.0. The third kappa shape index (κ3) is 6.78. The number of aliphatic hydroxyl groups is 1. The highest BCUT2D eigenvalue weighted by atomic mass is 16.3. The summed E-state index contributed by atoms with van der Waals surface area (Å²) in [5, 5.41) is 22.9. The second-order valence-electron chi connectivity index (χ2n) is 8.26. The highest BCUT2D eigenvalue weighted by Crippen LogP contribution is 2.21. The first kappa shape index (κ1) is 23.8. The van der Waals surface area contributed by atoms with E-state index in [4.69, 9.17) is 0 Å². The molecule has 0 unspecified atom stereocenters. The van der Waals surface area contributed by atoms with Gasteiger partial charge in [-0.15, -0.1) is 0 Å². The minimum Gasteiger partial charge on any atom is -0.449 e. The molecule has 0 radical (unpaired) electrons. The zero-order chi connectivity index (χ0) is 22.3.